The fourth-order valence-electron chi connectivity index (χ4n) is 3.33. The van der Waals surface area contributed by atoms with Gasteiger partial charge in [-0.2, -0.15) is 0 Å². The Labute approximate surface area is 139 Å². The van der Waals surface area contributed by atoms with Crippen molar-refractivity contribution in [2.75, 3.05) is 13.1 Å². The molecule has 4 rings (SSSR count). The highest BCUT2D eigenvalue weighted by Crippen LogP contribution is 2.28. The standard InChI is InChI=1S/C19H17N3O2/c23-18-16-7-6-14(10-17(16)20-12-21-18)19(24)22-9-8-15(11-22)13-4-2-1-3-5-13/h1-7,10,12,15H,8-9,11H2,(H,20,21,23). The molecule has 1 atom stereocenters. The first-order valence-electron chi connectivity index (χ1n) is 8.04. The number of aromatic nitrogens is 2. The number of nitrogens with one attached hydrogen (secondary N) is 1. The molecule has 1 N–H and O–H groups in total. The van der Waals surface area contributed by atoms with E-state index in [2.05, 4.69) is 22.1 Å². The minimum atomic E-state index is -0.190. The molecule has 0 bridgehead atoms. The van der Waals surface area contributed by atoms with Gasteiger partial charge in [0.1, 0.15) is 0 Å². The van der Waals surface area contributed by atoms with Crippen LogP contribution in [0.5, 0.6) is 0 Å². The number of benzene rings is 2. The number of hydrogen-bond acceptors (Lipinski definition) is 3. The minimum absolute atomic E-state index is 0.00240. The largest absolute Gasteiger partial charge is 0.338 e. The van der Waals surface area contributed by atoms with Gasteiger partial charge in [-0.25, -0.2) is 4.98 Å². The summed E-state index contributed by atoms with van der Waals surface area (Å²) < 4.78 is 0. The molecule has 0 radical (unpaired) electrons. The number of nitrogens with zero attached hydrogens (tertiary/aromatic N) is 2. The van der Waals surface area contributed by atoms with Gasteiger partial charge in [-0.05, 0) is 30.2 Å². The second-order valence-corrected chi connectivity index (χ2v) is 6.11. The Morgan fingerprint density at radius 3 is 2.83 bits per heavy atom. The SMILES string of the molecule is O=C(c1ccc2c(=O)[nH]cnc2c1)N1CCC(c2ccccc2)C1. The van der Waals surface area contributed by atoms with Crippen molar-refractivity contribution in [3.8, 4) is 0 Å². The van der Waals surface area contributed by atoms with Gasteiger partial charge in [-0.15, -0.1) is 0 Å². The summed E-state index contributed by atoms with van der Waals surface area (Å²) in [5, 5.41) is 0.498. The molecule has 0 spiro atoms. The van der Waals surface area contributed by atoms with Crippen molar-refractivity contribution >= 4 is 16.8 Å². The average Bonchev–Trinajstić information content (AvgIpc) is 3.12. The first kappa shape index (κ1) is 14.6. The molecule has 24 heavy (non-hydrogen) atoms. The van der Waals surface area contributed by atoms with Crippen LogP contribution in [0, 0.1) is 0 Å². The Morgan fingerprint density at radius 1 is 1.17 bits per heavy atom. The predicted molar refractivity (Wildman–Crippen MR) is 92.1 cm³/mol. The van der Waals surface area contributed by atoms with Crippen molar-refractivity contribution in [2.24, 2.45) is 0 Å². The molecule has 2 aromatic carbocycles. The van der Waals surface area contributed by atoms with Gasteiger partial charge in [0.15, 0.2) is 0 Å². The van der Waals surface area contributed by atoms with Gasteiger partial charge in [0.05, 0.1) is 17.2 Å². The van der Waals surface area contributed by atoms with Crippen molar-refractivity contribution < 1.29 is 4.79 Å². The lowest BCUT2D eigenvalue weighted by Gasteiger charge is -2.17. The van der Waals surface area contributed by atoms with Gasteiger partial charge >= 0.3 is 0 Å². The lowest BCUT2D eigenvalue weighted by molar-refractivity contribution is 0.0791. The van der Waals surface area contributed by atoms with Crippen molar-refractivity contribution in [1.29, 1.82) is 0 Å². The topological polar surface area (TPSA) is 66.1 Å². The molecule has 5 nitrogen and oxygen atoms in total. The minimum Gasteiger partial charge on any atom is -0.338 e. The molecule has 1 unspecified atom stereocenters. The summed E-state index contributed by atoms with van der Waals surface area (Å²) in [6, 6.07) is 15.4. The summed E-state index contributed by atoms with van der Waals surface area (Å²) in [6.07, 6.45) is 2.33. The third-order valence-electron chi connectivity index (χ3n) is 4.64. The second-order valence-electron chi connectivity index (χ2n) is 6.11. The van der Waals surface area contributed by atoms with E-state index in [0.717, 1.165) is 19.5 Å². The van der Waals surface area contributed by atoms with E-state index in [-0.39, 0.29) is 11.5 Å². The Balaban J connectivity index is 1.57. The molecule has 5 heteroatoms. The Hall–Kier alpha value is -2.95. The number of carbonyl (C=O) groups excluding carboxylic acids is 1. The highest BCUT2D eigenvalue weighted by molar-refractivity contribution is 5.97. The van der Waals surface area contributed by atoms with Crippen LogP contribution in [0.3, 0.4) is 0 Å². The predicted octanol–water partition coefficient (Wildman–Crippen LogP) is 2.55. The van der Waals surface area contributed by atoms with E-state index in [4.69, 9.17) is 0 Å². The second kappa shape index (κ2) is 5.92. The maximum atomic E-state index is 12.8. The zero-order chi connectivity index (χ0) is 16.5. The first-order chi connectivity index (χ1) is 11.7. The average molecular weight is 319 g/mol. The molecule has 1 aliphatic rings. The zero-order valence-corrected chi connectivity index (χ0v) is 13.1. The summed E-state index contributed by atoms with van der Waals surface area (Å²) in [5.74, 6) is 0.383. The fourth-order valence-corrected chi connectivity index (χ4v) is 3.33. The van der Waals surface area contributed by atoms with E-state index in [9.17, 15) is 9.59 Å². The molecule has 120 valence electrons. The number of aromatic amines is 1. The summed E-state index contributed by atoms with van der Waals surface area (Å²) in [4.78, 5) is 33.1. The van der Waals surface area contributed by atoms with Gasteiger partial charge in [-0.3, -0.25) is 9.59 Å². The number of carbonyl (C=O) groups is 1. The van der Waals surface area contributed by atoms with Crippen LogP contribution in [0.4, 0.5) is 0 Å². The maximum absolute atomic E-state index is 12.8. The van der Waals surface area contributed by atoms with Gasteiger partial charge in [0.2, 0.25) is 0 Å². The smallest absolute Gasteiger partial charge is 0.258 e. The van der Waals surface area contributed by atoms with Gasteiger partial charge in [-0.1, -0.05) is 30.3 Å². The normalized spacial score (nSPS) is 17.3. The monoisotopic (exact) mass is 319 g/mol. The number of hydrogen-bond donors (Lipinski definition) is 1. The van der Waals surface area contributed by atoms with Crippen molar-refractivity contribution in [3.63, 3.8) is 0 Å². The maximum Gasteiger partial charge on any atom is 0.258 e. The van der Waals surface area contributed by atoms with Crippen LogP contribution in [0.2, 0.25) is 0 Å². The van der Waals surface area contributed by atoms with Gasteiger partial charge < -0.3 is 9.88 Å². The summed E-state index contributed by atoms with van der Waals surface area (Å²) >= 11 is 0. The van der Waals surface area contributed by atoms with Crippen molar-refractivity contribution in [1.82, 2.24) is 14.9 Å². The molecule has 1 fully saturated rings. The number of rotatable bonds is 2. The first-order valence-corrected chi connectivity index (χ1v) is 8.04. The summed E-state index contributed by atoms with van der Waals surface area (Å²) in [7, 11) is 0. The van der Waals surface area contributed by atoms with E-state index in [0.29, 0.717) is 22.4 Å². The third-order valence-corrected chi connectivity index (χ3v) is 4.64. The van der Waals surface area contributed by atoms with Crippen LogP contribution in [0.1, 0.15) is 28.3 Å². The van der Waals surface area contributed by atoms with Crippen molar-refractivity contribution in [3.05, 3.63) is 76.3 Å². The quantitative estimate of drug-likeness (QED) is 0.789. The van der Waals surface area contributed by atoms with E-state index >= 15 is 0 Å². The molecule has 1 amide bonds. The fraction of sp³-hybridized carbons (Fsp3) is 0.211. The van der Waals surface area contributed by atoms with Crippen LogP contribution in [-0.4, -0.2) is 33.9 Å². The van der Waals surface area contributed by atoms with Crippen LogP contribution >= 0.6 is 0 Å². The summed E-state index contributed by atoms with van der Waals surface area (Å²) in [5.41, 5.74) is 2.21. The zero-order valence-electron chi connectivity index (χ0n) is 13.1. The van der Waals surface area contributed by atoms with Gasteiger partial charge in [0, 0.05) is 24.6 Å². The van der Waals surface area contributed by atoms with E-state index < -0.39 is 0 Å². The lowest BCUT2D eigenvalue weighted by atomic mass is 9.99. The lowest BCUT2D eigenvalue weighted by Crippen LogP contribution is -2.28. The number of likely N-dealkylation sites (tertiary alicyclic amines) is 1. The van der Waals surface area contributed by atoms with Crippen LogP contribution < -0.4 is 5.56 Å². The molecule has 3 aromatic rings. The van der Waals surface area contributed by atoms with Crippen LogP contribution in [-0.2, 0) is 0 Å². The van der Waals surface area contributed by atoms with Crippen molar-refractivity contribution in [2.45, 2.75) is 12.3 Å². The molecule has 1 aliphatic heterocycles. The molecular formula is C19H17N3O2. The van der Waals surface area contributed by atoms with Crippen LogP contribution in [0.25, 0.3) is 10.9 Å². The molecule has 1 saturated heterocycles. The van der Waals surface area contributed by atoms with E-state index in [1.54, 1.807) is 18.2 Å². The van der Waals surface area contributed by atoms with E-state index in [1.165, 1.54) is 11.9 Å². The highest BCUT2D eigenvalue weighted by Gasteiger charge is 2.28. The molecule has 2 heterocycles. The number of fused-ring (bicyclic) bond motifs is 1. The number of amides is 1. The Kier molecular flexibility index (Phi) is 3.61. The molecule has 0 saturated carbocycles. The van der Waals surface area contributed by atoms with Gasteiger partial charge in [0.25, 0.3) is 11.5 Å². The molecule has 1 aromatic heterocycles. The molecule has 0 aliphatic carbocycles. The Bertz CT molecular complexity index is 949. The highest BCUT2D eigenvalue weighted by atomic mass is 16.2. The molecular weight excluding hydrogens is 302 g/mol. The van der Waals surface area contributed by atoms with Crippen LogP contribution in [0.15, 0.2) is 59.7 Å². The summed E-state index contributed by atoms with van der Waals surface area (Å²) in [6.45, 7) is 1.48. The number of H-pyrrole nitrogens is 1. The Morgan fingerprint density at radius 2 is 2.00 bits per heavy atom. The van der Waals surface area contributed by atoms with E-state index in [1.807, 2.05) is 23.1 Å². The third kappa shape index (κ3) is 2.58.